The van der Waals surface area contributed by atoms with E-state index < -0.39 is 27.9 Å². The second-order valence-corrected chi connectivity index (χ2v) is 16.3. The van der Waals surface area contributed by atoms with Gasteiger partial charge in [0.05, 0.1) is 0 Å². The van der Waals surface area contributed by atoms with Crippen LogP contribution in [-0.4, -0.2) is 27.9 Å². The largest absolute Gasteiger partial charge is 0.422 e. The zero-order chi connectivity index (χ0) is 19.6. The van der Waals surface area contributed by atoms with Gasteiger partial charge in [-0.25, -0.2) is 0 Å². The highest BCUT2D eigenvalue weighted by Crippen LogP contribution is 2.30. The maximum atomic E-state index is 6.76. The monoisotopic (exact) mass is 432 g/mol. The molecule has 0 N–H and O–H groups in total. The average Bonchev–Trinajstić information content (AvgIpc) is 2.68. The van der Waals surface area contributed by atoms with E-state index in [0.29, 0.717) is 0 Å². The molecule has 0 aromatic heterocycles. The molecule has 0 spiro atoms. The van der Waals surface area contributed by atoms with E-state index in [9.17, 15) is 0 Å². The van der Waals surface area contributed by atoms with Crippen molar-refractivity contribution in [3.63, 3.8) is 0 Å². The molecule has 0 amide bonds. The Morgan fingerprint density at radius 2 is 1.11 bits per heavy atom. The summed E-state index contributed by atoms with van der Waals surface area (Å²) < 4.78 is 19.3. The van der Waals surface area contributed by atoms with Crippen molar-refractivity contribution < 1.29 is 12.3 Å². The minimum absolute atomic E-state index is 0.776. The molecular formula is C21H48O3Si3. The van der Waals surface area contributed by atoms with Gasteiger partial charge in [-0.15, -0.1) is 0 Å². The van der Waals surface area contributed by atoms with Crippen LogP contribution in [0.2, 0.25) is 18.1 Å². The van der Waals surface area contributed by atoms with E-state index in [1.807, 2.05) is 0 Å². The van der Waals surface area contributed by atoms with Crippen LogP contribution in [0.3, 0.4) is 0 Å². The molecule has 1 rings (SSSR count). The number of unbranched alkanes of at least 4 members (excludes halogenated alkanes) is 12. The van der Waals surface area contributed by atoms with Gasteiger partial charge in [-0.2, -0.15) is 0 Å². The predicted molar refractivity (Wildman–Crippen MR) is 125 cm³/mol. The van der Waals surface area contributed by atoms with Gasteiger partial charge in [-0.1, -0.05) is 117 Å². The number of hydrogen-bond donors (Lipinski definition) is 0. The maximum absolute atomic E-state index is 6.76. The Morgan fingerprint density at radius 3 is 1.63 bits per heavy atom. The molecule has 0 saturated carbocycles. The Morgan fingerprint density at radius 1 is 0.630 bits per heavy atom. The van der Waals surface area contributed by atoms with Crippen molar-refractivity contribution in [2.75, 3.05) is 0 Å². The van der Waals surface area contributed by atoms with Crippen LogP contribution in [0.4, 0.5) is 0 Å². The SMILES string of the molecule is CCCCCCC[SiH]1O[SiH2]O[Si](CCCCCCC)(CCCCCCC)O1. The van der Waals surface area contributed by atoms with Crippen molar-refractivity contribution in [3.8, 4) is 0 Å². The molecule has 0 bridgehead atoms. The van der Waals surface area contributed by atoms with Crippen LogP contribution < -0.4 is 0 Å². The third kappa shape index (κ3) is 12.6. The topological polar surface area (TPSA) is 27.7 Å². The quantitative estimate of drug-likeness (QED) is 0.180. The molecule has 1 unspecified atom stereocenters. The first-order chi connectivity index (χ1) is 13.3. The van der Waals surface area contributed by atoms with Gasteiger partial charge in [-0.05, 0) is 18.1 Å². The third-order valence-electron chi connectivity index (χ3n) is 5.79. The van der Waals surface area contributed by atoms with E-state index in [0.717, 1.165) is 0 Å². The fourth-order valence-electron chi connectivity index (χ4n) is 3.96. The molecule has 1 saturated heterocycles. The van der Waals surface area contributed by atoms with Crippen molar-refractivity contribution in [1.82, 2.24) is 0 Å². The highest BCUT2D eigenvalue weighted by molar-refractivity contribution is 6.80. The first-order valence-electron chi connectivity index (χ1n) is 12.2. The van der Waals surface area contributed by atoms with Gasteiger partial charge in [0, 0.05) is 0 Å². The van der Waals surface area contributed by atoms with Gasteiger partial charge in [0.1, 0.15) is 0 Å². The fourth-order valence-corrected chi connectivity index (χ4v) is 15.7. The third-order valence-corrected chi connectivity index (χ3v) is 16.3. The van der Waals surface area contributed by atoms with E-state index in [1.54, 1.807) is 0 Å². The van der Waals surface area contributed by atoms with Crippen molar-refractivity contribution in [3.05, 3.63) is 0 Å². The highest BCUT2D eigenvalue weighted by atomic mass is 28.5. The van der Waals surface area contributed by atoms with Crippen LogP contribution in [0.1, 0.15) is 117 Å². The summed E-state index contributed by atoms with van der Waals surface area (Å²) in [6.45, 7) is 6.87. The Balaban J connectivity index is 2.41. The molecule has 0 aliphatic carbocycles. The summed E-state index contributed by atoms with van der Waals surface area (Å²) >= 11 is 0. The summed E-state index contributed by atoms with van der Waals surface area (Å²) in [5.74, 6) is 0. The second kappa shape index (κ2) is 17.4. The lowest BCUT2D eigenvalue weighted by Gasteiger charge is -2.39. The summed E-state index contributed by atoms with van der Waals surface area (Å²) in [7, 11) is -4.15. The zero-order valence-corrected chi connectivity index (χ0v) is 22.3. The molecule has 3 nitrogen and oxygen atoms in total. The molecule has 1 aliphatic rings. The molecule has 0 aromatic carbocycles. The predicted octanol–water partition coefficient (Wildman–Crippen LogP) is 6.62. The Bertz CT molecular complexity index is 318. The van der Waals surface area contributed by atoms with Gasteiger partial charge in [0.15, 0.2) is 0 Å². The van der Waals surface area contributed by atoms with Crippen LogP contribution in [0.25, 0.3) is 0 Å². The molecular weight excluding hydrogens is 384 g/mol. The lowest BCUT2D eigenvalue weighted by atomic mass is 10.2. The second-order valence-electron chi connectivity index (χ2n) is 8.42. The Hall–Kier alpha value is 0.531. The minimum Gasteiger partial charge on any atom is -0.422 e. The number of rotatable bonds is 18. The van der Waals surface area contributed by atoms with Crippen molar-refractivity contribution >= 4 is 27.9 Å². The molecule has 0 aromatic rings. The van der Waals surface area contributed by atoms with E-state index >= 15 is 0 Å². The minimum atomic E-state index is -1.94. The lowest BCUT2D eigenvalue weighted by Crippen LogP contribution is -2.53. The maximum Gasteiger partial charge on any atom is 0.320 e. The highest BCUT2D eigenvalue weighted by Gasteiger charge is 2.42. The molecule has 1 heterocycles. The van der Waals surface area contributed by atoms with E-state index in [2.05, 4.69) is 20.8 Å². The lowest BCUT2D eigenvalue weighted by molar-refractivity contribution is 0.267. The normalized spacial score (nSPS) is 20.3. The van der Waals surface area contributed by atoms with Gasteiger partial charge < -0.3 is 12.3 Å². The zero-order valence-electron chi connectivity index (χ0n) is 18.7. The smallest absolute Gasteiger partial charge is 0.320 e. The molecule has 1 fully saturated rings. The molecule has 0 radical (unpaired) electrons. The van der Waals surface area contributed by atoms with Gasteiger partial charge in [0.2, 0.25) is 0 Å². The first kappa shape index (κ1) is 25.6. The molecule has 1 aliphatic heterocycles. The van der Waals surface area contributed by atoms with E-state index in [4.69, 9.17) is 12.3 Å². The van der Waals surface area contributed by atoms with Gasteiger partial charge in [0.25, 0.3) is 10.0 Å². The average molecular weight is 433 g/mol. The van der Waals surface area contributed by atoms with Crippen LogP contribution >= 0.6 is 0 Å². The van der Waals surface area contributed by atoms with E-state index in [-0.39, 0.29) is 0 Å². The van der Waals surface area contributed by atoms with Crippen LogP contribution in [0.15, 0.2) is 0 Å². The Kier molecular flexibility index (Phi) is 16.5. The first-order valence-corrected chi connectivity index (χ1v) is 17.3. The molecule has 6 heteroatoms. The standard InChI is InChI=1S/C21H48O3Si3/c1-4-7-10-13-16-19-26-22-25-23-27(24-26,20-17-14-11-8-5-2)21-18-15-12-9-6-3/h26H,4-21,25H2,1-3H3. The van der Waals surface area contributed by atoms with Crippen molar-refractivity contribution in [2.45, 2.75) is 135 Å². The van der Waals surface area contributed by atoms with Crippen LogP contribution in [-0.2, 0) is 12.3 Å². The summed E-state index contributed by atoms with van der Waals surface area (Å²) in [6, 6.07) is 3.70. The van der Waals surface area contributed by atoms with Gasteiger partial charge >= 0.3 is 17.8 Å². The van der Waals surface area contributed by atoms with Crippen LogP contribution in [0.5, 0.6) is 0 Å². The summed E-state index contributed by atoms with van der Waals surface area (Å²) in [4.78, 5) is 0. The summed E-state index contributed by atoms with van der Waals surface area (Å²) in [6.07, 6.45) is 20.2. The molecule has 27 heavy (non-hydrogen) atoms. The summed E-state index contributed by atoms with van der Waals surface area (Å²) in [5, 5.41) is 0. The number of hydrogen-bond acceptors (Lipinski definition) is 3. The van der Waals surface area contributed by atoms with Crippen LogP contribution in [0, 0.1) is 0 Å². The molecule has 162 valence electrons. The fraction of sp³-hybridized carbons (Fsp3) is 1.00. The van der Waals surface area contributed by atoms with E-state index in [1.165, 1.54) is 114 Å². The van der Waals surface area contributed by atoms with Crippen molar-refractivity contribution in [1.29, 1.82) is 0 Å². The van der Waals surface area contributed by atoms with Crippen molar-refractivity contribution in [2.24, 2.45) is 0 Å². The Labute approximate surface area is 175 Å². The summed E-state index contributed by atoms with van der Waals surface area (Å²) in [5.41, 5.74) is 0. The van der Waals surface area contributed by atoms with Gasteiger partial charge in [-0.3, -0.25) is 0 Å². The molecule has 1 atom stereocenters.